The van der Waals surface area contributed by atoms with E-state index in [0.717, 1.165) is 0 Å². The fourth-order valence-electron chi connectivity index (χ4n) is 1.25. The first kappa shape index (κ1) is 15.7. The van der Waals surface area contributed by atoms with E-state index in [4.69, 9.17) is 0 Å². The van der Waals surface area contributed by atoms with Crippen LogP contribution < -0.4 is 0 Å². The molecule has 0 spiro atoms. The van der Waals surface area contributed by atoms with Crippen molar-refractivity contribution in [3.63, 3.8) is 0 Å². The van der Waals surface area contributed by atoms with Crippen LogP contribution in [0.4, 0.5) is 0 Å². The van der Waals surface area contributed by atoms with Gasteiger partial charge in [0.15, 0.2) is 0 Å². The molecule has 0 unspecified atom stereocenters. The van der Waals surface area contributed by atoms with Gasteiger partial charge in [0, 0.05) is 8.47 Å². The van der Waals surface area contributed by atoms with E-state index >= 15 is 0 Å². The van der Waals surface area contributed by atoms with E-state index in [9.17, 15) is 0 Å². The molecule has 2 aliphatic heterocycles. The number of thioether (sulfide) groups is 4. The fraction of sp³-hybridized carbons (Fsp3) is 0. The Morgan fingerprint density at radius 3 is 1.10 bits per heavy atom. The Balaban J connectivity index is 1.63. The Morgan fingerprint density at radius 1 is 0.450 bits per heavy atom. The highest BCUT2D eigenvalue weighted by Crippen LogP contribution is 2.37. The summed E-state index contributed by atoms with van der Waals surface area (Å²) < 4.78 is 2.64. The molecule has 102 valence electrons. The Kier molecular flexibility index (Phi) is 7.93. The molecule has 0 saturated carbocycles. The van der Waals surface area contributed by atoms with Crippen LogP contribution in [-0.4, -0.2) is 0 Å². The van der Waals surface area contributed by atoms with E-state index < -0.39 is 0 Å². The Labute approximate surface area is 137 Å². The minimum absolute atomic E-state index is 1.32. The lowest BCUT2D eigenvalue weighted by Gasteiger charge is -1.87. The van der Waals surface area contributed by atoms with Crippen molar-refractivity contribution in [3.05, 3.63) is 90.9 Å². The molecule has 0 bridgehead atoms. The second-order valence-corrected chi connectivity index (χ2v) is 7.83. The molecular weight excluding hydrogens is 320 g/mol. The molecule has 0 N–H and O–H groups in total. The first-order valence-corrected chi connectivity index (χ1v) is 9.52. The quantitative estimate of drug-likeness (QED) is 0.507. The highest BCUT2D eigenvalue weighted by atomic mass is 32.2. The molecule has 0 aromatic rings. The smallest absolute Gasteiger partial charge is 0.0487 e. The summed E-state index contributed by atoms with van der Waals surface area (Å²) in [5.41, 5.74) is 0. The summed E-state index contributed by atoms with van der Waals surface area (Å²) in [6, 6.07) is 0. The summed E-state index contributed by atoms with van der Waals surface area (Å²) in [6.07, 6.45) is 20.6. The zero-order chi connectivity index (χ0) is 13.9. The Morgan fingerprint density at radius 2 is 0.750 bits per heavy atom. The van der Waals surface area contributed by atoms with Crippen molar-refractivity contribution in [1.82, 2.24) is 0 Å². The van der Waals surface area contributed by atoms with Crippen molar-refractivity contribution in [3.8, 4) is 0 Å². The van der Waals surface area contributed by atoms with Gasteiger partial charge in [0.2, 0.25) is 0 Å². The largest absolute Gasteiger partial charge is 0.0902 e. The summed E-state index contributed by atoms with van der Waals surface area (Å²) in [5.74, 6) is 0. The van der Waals surface area contributed by atoms with E-state index in [-0.39, 0.29) is 0 Å². The Hall–Kier alpha value is -0.680. The molecule has 2 aliphatic rings. The SMILES string of the molecule is C1=CSC(=C/C=C/C=C/C=C/C=C/C=C2SC=CS2)S1. The normalized spacial score (nSPS) is 18.8. The highest BCUT2D eigenvalue weighted by Gasteiger charge is 1.98. The maximum absolute atomic E-state index is 2.13. The number of hydrogen-bond acceptors (Lipinski definition) is 4. The fourth-order valence-corrected chi connectivity index (χ4v) is 4.41. The summed E-state index contributed by atoms with van der Waals surface area (Å²) in [6.45, 7) is 0. The van der Waals surface area contributed by atoms with Gasteiger partial charge in [-0.1, -0.05) is 95.7 Å². The van der Waals surface area contributed by atoms with Crippen LogP contribution in [0.3, 0.4) is 0 Å². The number of allylic oxidation sites excluding steroid dienone is 10. The monoisotopic (exact) mass is 334 g/mol. The molecule has 0 aromatic carbocycles. The predicted octanol–water partition coefficient (Wildman–Crippen LogP) is 6.80. The van der Waals surface area contributed by atoms with Crippen molar-refractivity contribution in [1.29, 1.82) is 0 Å². The lowest BCUT2D eigenvalue weighted by molar-refractivity contribution is 1.85. The summed E-state index contributed by atoms with van der Waals surface area (Å²) in [4.78, 5) is 0. The first-order valence-electron chi connectivity index (χ1n) is 6.00. The van der Waals surface area contributed by atoms with Gasteiger partial charge in [-0.25, -0.2) is 0 Å². The molecular formula is C16H14S4. The van der Waals surface area contributed by atoms with Crippen LogP contribution in [0.15, 0.2) is 90.9 Å². The molecule has 0 radical (unpaired) electrons. The molecule has 0 atom stereocenters. The third-order valence-electron chi connectivity index (χ3n) is 2.09. The predicted molar refractivity (Wildman–Crippen MR) is 101 cm³/mol. The van der Waals surface area contributed by atoms with Crippen LogP contribution in [0.5, 0.6) is 0 Å². The second-order valence-electron chi connectivity index (χ2n) is 3.53. The maximum atomic E-state index is 2.13. The average Bonchev–Trinajstić information content (AvgIpc) is 3.14. The zero-order valence-corrected chi connectivity index (χ0v) is 14.0. The van der Waals surface area contributed by atoms with Crippen LogP contribution in [0.25, 0.3) is 0 Å². The van der Waals surface area contributed by atoms with Crippen LogP contribution in [0, 0.1) is 0 Å². The maximum Gasteiger partial charge on any atom is 0.0487 e. The first-order chi connectivity index (χ1) is 9.95. The van der Waals surface area contributed by atoms with Gasteiger partial charge in [-0.15, -0.1) is 0 Å². The van der Waals surface area contributed by atoms with Gasteiger partial charge >= 0.3 is 0 Å². The summed E-state index contributed by atoms with van der Waals surface area (Å²) >= 11 is 7.05. The third kappa shape index (κ3) is 6.66. The minimum atomic E-state index is 1.32. The molecule has 0 aromatic heterocycles. The van der Waals surface area contributed by atoms with Crippen LogP contribution in [0.2, 0.25) is 0 Å². The molecule has 4 heteroatoms. The van der Waals surface area contributed by atoms with Crippen LogP contribution in [0.1, 0.15) is 0 Å². The average molecular weight is 335 g/mol. The lowest BCUT2D eigenvalue weighted by Crippen LogP contribution is -1.57. The minimum Gasteiger partial charge on any atom is -0.0902 e. The molecule has 2 rings (SSSR count). The van der Waals surface area contributed by atoms with Crippen molar-refractivity contribution < 1.29 is 0 Å². The van der Waals surface area contributed by atoms with Gasteiger partial charge in [-0.3, -0.25) is 0 Å². The zero-order valence-electron chi connectivity index (χ0n) is 10.7. The van der Waals surface area contributed by atoms with E-state index in [1.165, 1.54) is 8.47 Å². The van der Waals surface area contributed by atoms with E-state index in [0.29, 0.717) is 0 Å². The standard InChI is InChI=1S/C16H14S4/c1(3-5-7-9-15-17-11-12-18-15)2-4-6-8-10-16-19-13-14-20-16/h1-14H/b3-1+,4-2+,7-5+,8-6+. The lowest BCUT2D eigenvalue weighted by atomic mass is 10.4. The van der Waals surface area contributed by atoms with Crippen LogP contribution >= 0.6 is 47.0 Å². The summed E-state index contributed by atoms with van der Waals surface area (Å²) in [5, 5.41) is 8.40. The second kappa shape index (κ2) is 10.1. The topological polar surface area (TPSA) is 0 Å². The van der Waals surface area contributed by atoms with Crippen molar-refractivity contribution in [2.45, 2.75) is 0 Å². The summed E-state index contributed by atoms with van der Waals surface area (Å²) in [7, 11) is 0. The molecule has 2 heterocycles. The molecule has 20 heavy (non-hydrogen) atoms. The number of hydrogen-bond donors (Lipinski definition) is 0. The molecule has 0 fully saturated rings. The molecule has 0 aliphatic carbocycles. The van der Waals surface area contributed by atoms with Gasteiger partial charge < -0.3 is 0 Å². The van der Waals surface area contributed by atoms with Gasteiger partial charge in [-0.2, -0.15) is 0 Å². The Bertz CT molecular complexity index is 473. The van der Waals surface area contributed by atoms with Gasteiger partial charge in [0.1, 0.15) is 0 Å². The highest BCUT2D eigenvalue weighted by molar-refractivity contribution is 8.27. The van der Waals surface area contributed by atoms with E-state index in [2.05, 4.69) is 45.9 Å². The van der Waals surface area contributed by atoms with E-state index in [1.807, 2.05) is 36.5 Å². The van der Waals surface area contributed by atoms with Crippen molar-refractivity contribution in [2.24, 2.45) is 0 Å². The van der Waals surface area contributed by atoms with Crippen molar-refractivity contribution in [2.75, 3.05) is 0 Å². The van der Waals surface area contributed by atoms with Crippen LogP contribution in [-0.2, 0) is 0 Å². The van der Waals surface area contributed by atoms with E-state index in [1.54, 1.807) is 47.0 Å². The molecule has 0 saturated heterocycles. The van der Waals surface area contributed by atoms with Gasteiger partial charge in [0.25, 0.3) is 0 Å². The van der Waals surface area contributed by atoms with Gasteiger partial charge in [-0.05, 0) is 33.8 Å². The number of rotatable bonds is 5. The molecule has 0 nitrogen and oxygen atoms in total. The van der Waals surface area contributed by atoms with Crippen molar-refractivity contribution >= 4 is 47.0 Å². The van der Waals surface area contributed by atoms with Gasteiger partial charge in [0.05, 0.1) is 0 Å². The molecule has 0 amide bonds. The third-order valence-corrected chi connectivity index (χ3v) is 6.15.